The first-order valence-electron chi connectivity index (χ1n) is 6.20. The van der Waals surface area contributed by atoms with E-state index in [1.807, 2.05) is 16.9 Å². The van der Waals surface area contributed by atoms with Crippen LogP contribution in [0.2, 0.25) is 0 Å². The number of rotatable bonds is 5. The number of methoxy groups -OCH3 is 1. The van der Waals surface area contributed by atoms with E-state index in [2.05, 4.69) is 24.3 Å². The molecule has 102 valence electrons. The van der Waals surface area contributed by atoms with Crippen molar-refractivity contribution in [1.82, 2.24) is 9.78 Å². The van der Waals surface area contributed by atoms with Crippen LogP contribution in [-0.4, -0.2) is 16.9 Å². The van der Waals surface area contributed by atoms with Crippen molar-refractivity contribution >= 4 is 5.69 Å². The Morgan fingerprint density at radius 2 is 2.21 bits per heavy atom. The molecule has 2 rings (SSSR count). The Kier molecular flexibility index (Phi) is 4.04. The van der Waals surface area contributed by atoms with E-state index < -0.39 is 0 Å². The second-order valence-corrected chi connectivity index (χ2v) is 4.63. The second kappa shape index (κ2) is 5.73. The first-order chi connectivity index (χ1) is 9.10. The normalized spacial score (nSPS) is 10.8. The van der Waals surface area contributed by atoms with Crippen molar-refractivity contribution in [1.29, 1.82) is 0 Å². The summed E-state index contributed by atoms with van der Waals surface area (Å²) in [6.45, 7) is 4.68. The molecule has 1 aromatic carbocycles. The van der Waals surface area contributed by atoms with E-state index in [0.29, 0.717) is 12.6 Å². The Hall–Kier alpha value is -2.04. The van der Waals surface area contributed by atoms with Gasteiger partial charge in [0.05, 0.1) is 19.0 Å². The largest absolute Gasteiger partial charge is 0.494 e. The van der Waals surface area contributed by atoms with Crippen LogP contribution in [0.4, 0.5) is 10.1 Å². The maximum atomic E-state index is 13.5. The summed E-state index contributed by atoms with van der Waals surface area (Å²) in [4.78, 5) is 0. The van der Waals surface area contributed by atoms with E-state index in [1.165, 1.54) is 13.2 Å². The van der Waals surface area contributed by atoms with Gasteiger partial charge in [-0.3, -0.25) is 4.68 Å². The smallest absolute Gasteiger partial charge is 0.165 e. The van der Waals surface area contributed by atoms with Crippen LogP contribution in [0.15, 0.2) is 30.6 Å². The van der Waals surface area contributed by atoms with Crippen LogP contribution in [0, 0.1) is 5.82 Å². The van der Waals surface area contributed by atoms with E-state index in [9.17, 15) is 4.39 Å². The average molecular weight is 263 g/mol. The SMILES string of the molecule is COc1ccc(CNc2cnn(C(C)C)c2)cc1F. The summed E-state index contributed by atoms with van der Waals surface area (Å²) in [6, 6.07) is 5.26. The van der Waals surface area contributed by atoms with Gasteiger partial charge in [-0.2, -0.15) is 5.10 Å². The highest BCUT2D eigenvalue weighted by Gasteiger charge is 2.04. The molecule has 1 aromatic heterocycles. The molecule has 0 saturated heterocycles. The molecule has 0 fully saturated rings. The summed E-state index contributed by atoms with van der Waals surface area (Å²) in [5, 5.41) is 7.44. The van der Waals surface area contributed by atoms with Gasteiger partial charge in [-0.05, 0) is 31.5 Å². The third-order valence-electron chi connectivity index (χ3n) is 2.84. The zero-order valence-electron chi connectivity index (χ0n) is 11.4. The highest BCUT2D eigenvalue weighted by molar-refractivity contribution is 5.40. The number of benzene rings is 1. The van der Waals surface area contributed by atoms with Gasteiger partial charge >= 0.3 is 0 Å². The van der Waals surface area contributed by atoms with Crippen molar-refractivity contribution in [3.63, 3.8) is 0 Å². The van der Waals surface area contributed by atoms with Crippen LogP contribution < -0.4 is 10.1 Å². The summed E-state index contributed by atoms with van der Waals surface area (Å²) < 4.78 is 20.3. The minimum atomic E-state index is -0.348. The average Bonchev–Trinajstić information content (AvgIpc) is 2.85. The Morgan fingerprint density at radius 1 is 1.42 bits per heavy atom. The van der Waals surface area contributed by atoms with Gasteiger partial charge in [0.1, 0.15) is 0 Å². The molecule has 4 nitrogen and oxygen atoms in total. The molecule has 0 unspecified atom stereocenters. The van der Waals surface area contributed by atoms with Gasteiger partial charge in [-0.15, -0.1) is 0 Å². The molecule has 0 spiro atoms. The van der Waals surface area contributed by atoms with Crippen molar-refractivity contribution < 1.29 is 9.13 Å². The van der Waals surface area contributed by atoms with Crippen LogP contribution in [0.25, 0.3) is 0 Å². The van der Waals surface area contributed by atoms with Crippen LogP contribution in [0.1, 0.15) is 25.5 Å². The molecule has 1 heterocycles. The lowest BCUT2D eigenvalue weighted by Gasteiger charge is -2.07. The van der Waals surface area contributed by atoms with E-state index >= 15 is 0 Å². The molecule has 2 aromatic rings. The summed E-state index contributed by atoms with van der Waals surface area (Å²) in [5.41, 5.74) is 1.78. The molecule has 0 amide bonds. The number of ether oxygens (including phenoxy) is 1. The van der Waals surface area contributed by atoms with Gasteiger partial charge in [0.2, 0.25) is 0 Å². The van der Waals surface area contributed by atoms with Gasteiger partial charge in [0.15, 0.2) is 11.6 Å². The molecule has 0 aliphatic heterocycles. The first kappa shape index (κ1) is 13.4. The lowest BCUT2D eigenvalue weighted by atomic mass is 10.2. The van der Waals surface area contributed by atoms with Gasteiger partial charge in [0.25, 0.3) is 0 Å². The fourth-order valence-corrected chi connectivity index (χ4v) is 1.74. The topological polar surface area (TPSA) is 39.1 Å². The minimum absolute atomic E-state index is 0.261. The lowest BCUT2D eigenvalue weighted by Crippen LogP contribution is -2.01. The number of nitrogens with one attached hydrogen (secondary N) is 1. The van der Waals surface area contributed by atoms with Crippen LogP contribution >= 0.6 is 0 Å². The third kappa shape index (κ3) is 3.24. The molecule has 0 radical (unpaired) electrons. The van der Waals surface area contributed by atoms with Gasteiger partial charge < -0.3 is 10.1 Å². The van der Waals surface area contributed by atoms with Crippen LogP contribution in [0.5, 0.6) is 5.75 Å². The Morgan fingerprint density at radius 3 is 2.79 bits per heavy atom. The monoisotopic (exact) mass is 263 g/mol. The summed E-state index contributed by atoms with van der Waals surface area (Å²) in [5.74, 6) is -0.0870. The molecule has 0 saturated carbocycles. The number of halogens is 1. The molecule has 0 atom stereocenters. The molecule has 0 aliphatic rings. The summed E-state index contributed by atoms with van der Waals surface area (Å²) >= 11 is 0. The number of hydrogen-bond donors (Lipinski definition) is 1. The van der Waals surface area contributed by atoms with Crippen molar-refractivity contribution in [2.24, 2.45) is 0 Å². The van der Waals surface area contributed by atoms with Crippen molar-refractivity contribution in [2.75, 3.05) is 12.4 Å². The maximum absolute atomic E-state index is 13.5. The molecular weight excluding hydrogens is 245 g/mol. The Balaban J connectivity index is 1.99. The van der Waals surface area contributed by atoms with Crippen molar-refractivity contribution in [3.05, 3.63) is 42.0 Å². The molecule has 19 heavy (non-hydrogen) atoms. The Bertz CT molecular complexity index is 551. The highest BCUT2D eigenvalue weighted by atomic mass is 19.1. The molecule has 0 bridgehead atoms. The lowest BCUT2D eigenvalue weighted by molar-refractivity contribution is 0.386. The highest BCUT2D eigenvalue weighted by Crippen LogP contribution is 2.18. The van der Waals surface area contributed by atoms with Crippen molar-refractivity contribution in [3.8, 4) is 5.75 Å². The van der Waals surface area contributed by atoms with Gasteiger partial charge in [-0.1, -0.05) is 6.07 Å². The van der Waals surface area contributed by atoms with E-state index in [-0.39, 0.29) is 11.6 Å². The fraction of sp³-hybridized carbons (Fsp3) is 0.357. The third-order valence-corrected chi connectivity index (χ3v) is 2.84. The number of nitrogens with zero attached hydrogens (tertiary/aromatic N) is 2. The van der Waals surface area contributed by atoms with E-state index in [4.69, 9.17) is 4.74 Å². The first-order valence-corrected chi connectivity index (χ1v) is 6.20. The molecule has 5 heteroatoms. The molecular formula is C14H18FN3O. The predicted octanol–water partition coefficient (Wildman–Crippen LogP) is 3.22. The van der Waals surface area contributed by atoms with E-state index in [1.54, 1.807) is 12.3 Å². The standard InChI is InChI=1S/C14H18FN3O/c1-10(2)18-9-12(8-17-18)16-7-11-4-5-14(19-3)13(15)6-11/h4-6,8-10,16H,7H2,1-3H3. The fourth-order valence-electron chi connectivity index (χ4n) is 1.74. The number of anilines is 1. The van der Waals surface area contributed by atoms with Gasteiger partial charge in [-0.25, -0.2) is 4.39 Å². The second-order valence-electron chi connectivity index (χ2n) is 4.63. The Labute approximate surface area is 112 Å². The van der Waals surface area contributed by atoms with Crippen LogP contribution in [0.3, 0.4) is 0 Å². The van der Waals surface area contributed by atoms with Gasteiger partial charge in [0, 0.05) is 18.8 Å². The number of hydrogen-bond acceptors (Lipinski definition) is 3. The number of aromatic nitrogens is 2. The summed E-state index contributed by atoms with van der Waals surface area (Å²) in [6.07, 6.45) is 3.70. The van der Waals surface area contributed by atoms with Crippen LogP contribution in [-0.2, 0) is 6.54 Å². The summed E-state index contributed by atoms with van der Waals surface area (Å²) in [7, 11) is 1.46. The van der Waals surface area contributed by atoms with Crippen molar-refractivity contribution in [2.45, 2.75) is 26.4 Å². The minimum Gasteiger partial charge on any atom is -0.494 e. The van der Waals surface area contributed by atoms with E-state index in [0.717, 1.165) is 11.3 Å². The zero-order valence-corrected chi connectivity index (χ0v) is 11.4. The molecule has 1 N–H and O–H groups in total. The zero-order chi connectivity index (χ0) is 13.8. The predicted molar refractivity (Wildman–Crippen MR) is 72.9 cm³/mol. The molecule has 0 aliphatic carbocycles. The maximum Gasteiger partial charge on any atom is 0.165 e. The quantitative estimate of drug-likeness (QED) is 0.900.